The molecule has 2 N–H and O–H groups in total. The fourth-order valence-electron chi connectivity index (χ4n) is 2.67. The maximum Gasteiger partial charge on any atom is 0.133 e. The van der Waals surface area contributed by atoms with Crippen molar-refractivity contribution in [1.29, 1.82) is 0 Å². The second-order valence-electron chi connectivity index (χ2n) is 6.17. The Bertz CT molecular complexity index is 439. The molecule has 1 aromatic rings. The highest BCUT2D eigenvalue weighted by Gasteiger charge is 2.26. The lowest BCUT2D eigenvalue weighted by molar-refractivity contribution is -0.0423. The van der Waals surface area contributed by atoms with E-state index in [9.17, 15) is 5.11 Å². The molecule has 0 aliphatic carbocycles. The fourth-order valence-corrected chi connectivity index (χ4v) is 2.67. The molecule has 118 valence electrons. The number of hydrogen-bond donors (Lipinski definition) is 2. The summed E-state index contributed by atoms with van der Waals surface area (Å²) in [7, 11) is 0. The molecule has 2 atom stereocenters. The molecule has 0 saturated carbocycles. The topological polar surface area (TPSA) is 57.6 Å². The molecule has 0 aromatic carbocycles. The monoisotopic (exact) mass is 293 g/mol. The highest BCUT2D eigenvalue weighted by Crippen LogP contribution is 2.22. The number of anilines is 1. The van der Waals surface area contributed by atoms with E-state index in [0.717, 1.165) is 25.5 Å². The number of aliphatic hydroxyl groups is 1. The molecule has 0 spiro atoms. The van der Waals surface area contributed by atoms with E-state index >= 15 is 0 Å². The number of rotatable bonds is 6. The van der Waals surface area contributed by atoms with Crippen LogP contribution in [-0.4, -0.2) is 48.5 Å². The number of nitrogens with zero attached hydrogens (tertiary/aromatic N) is 2. The third-order valence-corrected chi connectivity index (χ3v) is 3.56. The Morgan fingerprint density at radius 2 is 2.29 bits per heavy atom. The Labute approximate surface area is 127 Å². The summed E-state index contributed by atoms with van der Waals surface area (Å²) in [5.74, 6) is 1.63. The van der Waals surface area contributed by atoms with Crippen molar-refractivity contribution in [2.24, 2.45) is 5.92 Å². The van der Waals surface area contributed by atoms with Crippen LogP contribution in [0.4, 0.5) is 5.82 Å². The quantitative estimate of drug-likeness (QED) is 0.830. The highest BCUT2D eigenvalue weighted by atomic mass is 16.5. The molecule has 0 radical (unpaired) electrons. The number of morpholine rings is 1. The summed E-state index contributed by atoms with van der Waals surface area (Å²) < 4.78 is 5.70. The van der Waals surface area contributed by atoms with E-state index in [1.807, 2.05) is 19.2 Å². The van der Waals surface area contributed by atoms with E-state index < -0.39 is 0 Å². The molecule has 21 heavy (non-hydrogen) atoms. The Balaban J connectivity index is 2.07. The van der Waals surface area contributed by atoms with Crippen molar-refractivity contribution in [3.63, 3.8) is 0 Å². The minimum Gasteiger partial charge on any atom is -0.394 e. The van der Waals surface area contributed by atoms with Gasteiger partial charge in [0.1, 0.15) is 5.82 Å². The summed E-state index contributed by atoms with van der Waals surface area (Å²) in [4.78, 5) is 6.78. The number of aliphatic hydroxyl groups excluding tert-OH is 1. The van der Waals surface area contributed by atoms with Crippen molar-refractivity contribution in [3.8, 4) is 0 Å². The first-order chi connectivity index (χ1) is 10.1. The van der Waals surface area contributed by atoms with Crippen LogP contribution in [0.15, 0.2) is 18.3 Å². The van der Waals surface area contributed by atoms with Gasteiger partial charge in [0, 0.05) is 31.4 Å². The van der Waals surface area contributed by atoms with E-state index in [1.165, 1.54) is 5.56 Å². The SMILES string of the molecule is CC(C)CNCc1cccnc1N1CC(C)OC(CO)C1. The summed E-state index contributed by atoms with van der Waals surface area (Å²) in [6.07, 6.45) is 1.80. The Kier molecular flexibility index (Phi) is 5.96. The molecule has 1 aromatic heterocycles. The molecule has 0 amide bonds. The van der Waals surface area contributed by atoms with E-state index in [4.69, 9.17) is 4.74 Å². The van der Waals surface area contributed by atoms with Crippen LogP contribution < -0.4 is 10.2 Å². The van der Waals surface area contributed by atoms with Crippen LogP contribution in [0.3, 0.4) is 0 Å². The molecule has 1 aliphatic heterocycles. The molecule has 1 aliphatic rings. The van der Waals surface area contributed by atoms with Gasteiger partial charge in [-0.1, -0.05) is 19.9 Å². The van der Waals surface area contributed by atoms with Gasteiger partial charge in [-0.3, -0.25) is 0 Å². The summed E-state index contributed by atoms with van der Waals surface area (Å²) in [5, 5.41) is 12.8. The standard InChI is InChI=1S/C16H27N3O2/c1-12(2)7-17-8-14-5-4-6-18-16(14)19-9-13(3)21-15(10-19)11-20/h4-6,12-13,15,17,20H,7-11H2,1-3H3. The van der Waals surface area contributed by atoms with Crippen molar-refractivity contribution in [1.82, 2.24) is 10.3 Å². The van der Waals surface area contributed by atoms with Crippen molar-refractivity contribution in [2.75, 3.05) is 31.1 Å². The number of hydrogen-bond acceptors (Lipinski definition) is 5. The van der Waals surface area contributed by atoms with E-state index in [1.54, 1.807) is 0 Å². The zero-order chi connectivity index (χ0) is 15.2. The predicted octanol–water partition coefficient (Wildman–Crippen LogP) is 1.41. The van der Waals surface area contributed by atoms with Gasteiger partial charge < -0.3 is 20.1 Å². The molecule has 1 saturated heterocycles. The average Bonchev–Trinajstić information content (AvgIpc) is 2.46. The van der Waals surface area contributed by atoms with Gasteiger partial charge in [0.2, 0.25) is 0 Å². The molecular weight excluding hydrogens is 266 g/mol. The van der Waals surface area contributed by atoms with Gasteiger partial charge in [0.05, 0.1) is 18.8 Å². The van der Waals surface area contributed by atoms with Crippen LogP contribution in [-0.2, 0) is 11.3 Å². The first-order valence-electron chi connectivity index (χ1n) is 7.76. The maximum atomic E-state index is 9.36. The Morgan fingerprint density at radius 3 is 3.00 bits per heavy atom. The van der Waals surface area contributed by atoms with E-state index in [0.29, 0.717) is 12.5 Å². The van der Waals surface area contributed by atoms with Gasteiger partial charge in [-0.25, -0.2) is 4.98 Å². The van der Waals surface area contributed by atoms with Crippen molar-refractivity contribution in [3.05, 3.63) is 23.9 Å². The molecule has 2 rings (SSSR count). The minimum absolute atomic E-state index is 0.0502. The fraction of sp³-hybridized carbons (Fsp3) is 0.688. The number of ether oxygens (including phenoxy) is 1. The lowest BCUT2D eigenvalue weighted by Gasteiger charge is -2.37. The van der Waals surface area contributed by atoms with Crippen molar-refractivity contribution >= 4 is 5.82 Å². The van der Waals surface area contributed by atoms with Gasteiger partial charge in [-0.15, -0.1) is 0 Å². The Morgan fingerprint density at radius 1 is 1.48 bits per heavy atom. The molecule has 1 fully saturated rings. The molecule has 0 bridgehead atoms. The zero-order valence-electron chi connectivity index (χ0n) is 13.2. The van der Waals surface area contributed by atoms with Crippen molar-refractivity contribution < 1.29 is 9.84 Å². The van der Waals surface area contributed by atoms with Gasteiger partial charge >= 0.3 is 0 Å². The predicted molar refractivity (Wildman–Crippen MR) is 84.4 cm³/mol. The summed E-state index contributed by atoms with van der Waals surface area (Å²) in [5.41, 5.74) is 1.20. The van der Waals surface area contributed by atoms with E-state index in [-0.39, 0.29) is 18.8 Å². The van der Waals surface area contributed by atoms with Crippen LogP contribution >= 0.6 is 0 Å². The Hall–Kier alpha value is -1.17. The number of pyridine rings is 1. The lowest BCUT2D eigenvalue weighted by atomic mass is 10.1. The zero-order valence-corrected chi connectivity index (χ0v) is 13.2. The smallest absolute Gasteiger partial charge is 0.133 e. The number of aromatic nitrogens is 1. The summed E-state index contributed by atoms with van der Waals surface area (Å²) in [6, 6.07) is 4.09. The molecule has 5 nitrogen and oxygen atoms in total. The van der Waals surface area contributed by atoms with Gasteiger partial charge in [-0.2, -0.15) is 0 Å². The highest BCUT2D eigenvalue weighted by molar-refractivity contribution is 5.47. The van der Waals surface area contributed by atoms with Gasteiger partial charge in [-0.05, 0) is 25.5 Å². The third-order valence-electron chi connectivity index (χ3n) is 3.56. The first kappa shape index (κ1) is 16.2. The van der Waals surface area contributed by atoms with Gasteiger partial charge in [0.15, 0.2) is 0 Å². The summed E-state index contributed by atoms with van der Waals surface area (Å²) in [6.45, 7) is 9.80. The largest absolute Gasteiger partial charge is 0.394 e. The minimum atomic E-state index is -0.132. The van der Waals surface area contributed by atoms with Crippen molar-refractivity contribution in [2.45, 2.75) is 39.5 Å². The lowest BCUT2D eigenvalue weighted by Crippen LogP contribution is -2.48. The second-order valence-corrected chi connectivity index (χ2v) is 6.17. The third kappa shape index (κ3) is 4.66. The van der Waals surface area contributed by atoms with Crippen LogP contribution in [0.1, 0.15) is 26.3 Å². The van der Waals surface area contributed by atoms with Crippen LogP contribution in [0.2, 0.25) is 0 Å². The summed E-state index contributed by atoms with van der Waals surface area (Å²) >= 11 is 0. The second kappa shape index (κ2) is 7.73. The maximum absolute atomic E-state index is 9.36. The van der Waals surface area contributed by atoms with E-state index in [2.05, 4.69) is 35.1 Å². The van der Waals surface area contributed by atoms with Crippen LogP contribution in [0.25, 0.3) is 0 Å². The first-order valence-corrected chi connectivity index (χ1v) is 7.76. The normalized spacial score (nSPS) is 22.8. The van der Waals surface area contributed by atoms with Crippen LogP contribution in [0.5, 0.6) is 0 Å². The molecular formula is C16H27N3O2. The molecule has 2 unspecified atom stereocenters. The molecule has 5 heteroatoms. The number of nitrogens with one attached hydrogen (secondary N) is 1. The van der Waals surface area contributed by atoms with Gasteiger partial charge in [0.25, 0.3) is 0 Å². The average molecular weight is 293 g/mol. The van der Waals surface area contributed by atoms with Crippen LogP contribution in [0, 0.1) is 5.92 Å². The molecule has 2 heterocycles.